The summed E-state index contributed by atoms with van der Waals surface area (Å²) < 4.78 is 0. The van der Waals surface area contributed by atoms with Gasteiger partial charge in [0.15, 0.2) is 0 Å². The quantitative estimate of drug-likeness (QED) is 0.700. The lowest BCUT2D eigenvalue weighted by Crippen LogP contribution is -1.98. The molecule has 0 amide bonds. The molecule has 0 heterocycles. The van der Waals surface area contributed by atoms with Crippen LogP contribution >= 0.6 is 0 Å². The number of aliphatic hydroxyl groups excluding tert-OH is 1. The molecule has 2 rings (SSSR count). The van der Waals surface area contributed by atoms with Crippen molar-refractivity contribution in [1.82, 2.24) is 0 Å². The molecule has 0 fully saturated rings. The fourth-order valence-electron chi connectivity index (χ4n) is 2.03. The number of benzene rings is 1. The zero-order chi connectivity index (χ0) is 9.26. The summed E-state index contributed by atoms with van der Waals surface area (Å²) in [5, 5.41) is 17.9. The van der Waals surface area contributed by atoms with Crippen LogP contribution in [0.15, 0.2) is 18.2 Å². The van der Waals surface area contributed by atoms with E-state index >= 15 is 0 Å². The Morgan fingerprint density at radius 2 is 2.38 bits per heavy atom. The van der Waals surface area contributed by atoms with Crippen molar-refractivity contribution in [3.63, 3.8) is 0 Å². The second-order valence-electron chi connectivity index (χ2n) is 3.40. The van der Waals surface area contributed by atoms with Crippen molar-refractivity contribution in [2.24, 2.45) is 0 Å². The van der Waals surface area contributed by atoms with Crippen LogP contribution in [0.25, 0.3) is 0 Å². The highest BCUT2D eigenvalue weighted by molar-refractivity contribution is 5.47. The second-order valence-corrected chi connectivity index (χ2v) is 3.40. The SMILES string of the molecule is N#Cc1cccc2c1CCC2CO. The molecule has 0 aliphatic heterocycles. The smallest absolute Gasteiger partial charge is 0.0994 e. The summed E-state index contributed by atoms with van der Waals surface area (Å²) in [6, 6.07) is 7.95. The number of fused-ring (bicyclic) bond motifs is 1. The molecule has 1 N–H and O–H groups in total. The van der Waals surface area contributed by atoms with E-state index < -0.39 is 0 Å². The number of rotatable bonds is 1. The molecule has 0 spiro atoms. The van der Waals surface area contributed by atoms with E-state index in [9.17, 15) is 0 Å². The van der Waals surface area contributed by atoms with Gasteiger partial charge < -0.3 is 5.11 Å². The molecule has 1 aliphatic rings. The molecule has 2 nitrogen and oxygen atoms in total. The zero-order valence-electron chi connectivity index (χ0n) is 7.33. The minimum Gasteiger partial charge on any atom is -0.396 e. The van der Waals surface area contributed by atoms with Crippen molar-refractivity contribution in [3.05, 3.63) is 34.9 Å². The van der Waals surface area contributed by atoms with Gasteiger partial charge in [-0.2, -0.15) is 5.26 Å². The monoisotopic (exact) mass is 173 g/mol. The third kappa shape index (κ3) is 1.22. The first-order valence-corrected chi connectivity index (χ1v) is 4.49. The summed E-state index contributed by atoms with van der Waals surface area (Å²) in [7, 11) is 0. The topological polar surface area (TPSA) is 44.0 Å². The van der Waals surface area contributed by atoms with Gasteiger partial charge in [-0.15, -0.1) is 0 Å². The Hall–Kier alpha value is -1.33. The lowest BCUT2D eigenvalue weighted by molar-refractivity contribution is 0.265. The summed E-state index contributed by atoms with van der Waals surface area (Å²) in [5.74, 6) is 0.253. The summed E-state index contributed by atoms with van der Waals surface area (Å²) in [4.78, 5) is 0. The van der Waals surface area contributed by atoms with E-state index in [1.807, 2.05) is 18.2 Å². The van der Waals surface area contributed by atoms with Crippen LogP contribution in [0.4, 0.5) is 0 Å². The van der Waals surface area contributed by atoms with Gasteiger partial charge >= 0.3 is 0 Å². The van der Waals surface area contributed by atoms with Crippen molar-refractivity contribution in [2.75, 3.05) is 6.61 Å². The van der Waals surface area contributed by atoms with E-state index in [0.29, 0.717) is 0 Å². The van der Waals surface area contributed by atoms with Gasteiger partial charge in [0.05, 0.1) is 11.6 Å². The van der Waals surface area contributed by atoms with E-state index in [-0.39, 0.29) is 12.5 Å². The zero-order valence-corrected chi connectivity index (χ0v) is 7.33. The van der Waals surface area contributed by atoms with Gasteiger partial charge in [0.25, 0.3) is 0 Å². The van der Waals surface area contributed by atoms with Crippen LogP contribution in [0, 0.1) is 11.3 Å². The van der Waals surface area contributed by atoms with Crippen LogP contribution in [0.3, 0.4) is 0 Å². The number of aliphatic hydroxyl groups is 1. The normalized spacial score (nSPS) is 19.5. The average Bonchev–Trinajstić information content (AvgIpc) is 2.60. The molecule has 0 radical (unpaired) electrons. The highest BCUT2D eigenvalue weighted by Gasteiger charge is 2.23. The Morgan fingerprint density at radius 1 is 1.54 bits per heavy atom. The Balaban J connectivity index is 2.50. The summed E-state index contributed by atoms with van der Waals surface area (Å²) in [6.45, 7) is 0.196. The molecule has 66 valence electrons. The summed E-state index contributed by atoms with van der Waals surface area (Å²) in [5.41, 5.74) is 3.08. The van der Waals surface area contributed by atoms with E-state index in [4.69, 9.17) is 10.4 Å². The van der Waals surface area contributed by atoms with E-state index in [2.05, 4.69) is 6.07 Å². The standard InChI is InChI=1S/C11H11NO/c12-6-8-2-1-3-10-9(7-13)4-5-11(8)10/h1-3,9,13H,4-5,7H2. The van der Waals surface area contributed by atoms with Crippen molar-refractivity contribution >= 4 is 0 Å². The largest absolute Gasteiger partial charge is 0.396 e. The van der Waals surface area contributed by atoms with Gasteiger partial charge in [0, 0.05) is 12.5 Å². The van der Waals surface area contributed by atoms with Gasteiger partial charge in [0.2, 0.25) is 0 Å². The van der Waals surface area contributed by atoms with Crippen molar-refractivity contribution < 1.29 is 5.11 Å². The summed E-state index contributed by atoms with van der Waals surface area (Å²) >= 11 is 0. The third-order valence-corrected chi connectivity index (χ3v) is 2.74. The Bertz CT molecular complexity index is 365. The minimum atomic E-state index is 0.196. The van der Waals surface area contributed by atoms with Gasteiger partial charge in [0.1, 0.15) is 0 Å². The van der Waals surface area contributed by atoms with Crippen molar-refractivity contribution in [3.8, 4) is 6.07 Å². The number of hydrogen-bond donors (Lipinski definition) is 1. The van der Waals surface area contributed by atoms with Crippen molar-refractivity contribution in [1.29, 1.82) is 5.26 Å². The molecule has 1 aliphatic carbocycles. The molecule has 1 atom stereocenters. The molecular weight excluding hydrogens is 162 g/mol. The molecule has 1 aromatic rings. The Morgan fingerprint density at radius 3 is 3.08 bits per heavy atom. The van der Waals surface area contributed by atoms with Crippen molar-refractivity contribution in [2.45, 2.75) is 18.8 Å². The van der Waals surface area contributed by atoms with E-state index in [1.54, 1.807) is 0 Å². The highest BCUT2D eigenvalue weighted by Crippen LogP contribution is 2.34. The van der Waals surface area contributed by atoms with Crippen LogP contribution in [0.2, 0.25) is 0 Å². The third-order valence-electron chi connectivity index (χ3n) is 2.74. The number of nitriles is 1. The fourth-order valence-corrected chi connectivity index (χ4v) is 2.03. The van der Waals surface area contributed by atoms with Gasteiger partial charge in [-0.1, -0.05) is 12.1 Å². The molecular formula is C11H11NO. The molecule has 0 bridgehead atoms. The van der Waals surface area contributed by atoms with E-state index in [0.717, 1.165) is 24.0 Å². The van der Waals surface area contributed by atoms with Crippen LogP contribution in [-0.4, -0.2) is 11.7 Å². The first-order chi connectivity index (χ1) is 6.36. The molecule has 0 aromatic heterocycles. The van der Waals surface area contributed by atoms with Crippen LogP contribution < -0.4 is 0 Å². The molecule has 1 unspecified atom stereocenters. The molecule has 1 aromatic carbocycles. The van der Waals surface area contributed by atoms with E-state index in [1.165, 1.54) is 5.56 Å². The number of hydrogen-bond acceptors (Lipinski definition) is 2. The minimum absolute atomic E-state index is 0.196. The summed E-state index contributed by atoms with van der Waals surface area (Å²) in [6.07, 6.45) is 1.91. The molecule has 0 saturated heterocycles. The Labute approximate surface area is 77.4 Å². The van der Waals surface area contributed by atoms with Gasteiger partial charge in [-0.05, 0) is 30.0 Å². The molecule has 2 heteroatoms. The maximum atomic E-state index is 9.09. The van der Waals surface area contributed by atoms with Gasteiger partial charge in [-0.25, -0.2) is 0 Å². The maximum Gasteiger partial charge on any atom is 0.0994 e. The maximum absolute atomic E-state index is 9.09. The molecule has 13 heavy (non-hydrogen) atoms. The first kappa shape index (κ1) is 8.28. The number of nitrogens with zero attached hydrogens (tertiary/aromatic N) is 1. The predicted molar refractivity (Wildman–Crippen MR) is 49.3 cm³/mol. The second kappa shape index (κ2) is 3.20. The average molecular weight is 173 g/mol. The highest BCUT2D eigenvalue weighted by atomic mass is 16.3. The van der Waals surface area contributed by atoms with Crippen LogP contribution in [0.1, 0.15) is 29.0 Å². The fraction of sp³-hybridized carbons (Fsp3) is 0.364. The van der Waals surface area contributed by atoms with Gasteiger partial charge in [-0.3, -0.25) is 0 Å². The van der Waals surface area contributed by atoms with Crippen LogP contribution in [0.5, 0.6) is 0 Å². The first-order valence-electron chi connectivity index (χ1n) is 4.49. The lowest BCUT2D eigenvalue weighted by atomic mass is 10.00. The predicted octanol–water partition coefficient (Wildman–Crippen LogP) is 1.58. The Kier molecular flexibility index (Phi) is 2.03. The van der Waals surface area contributed by atoms with Crippen LogP contribution in [-0.2, 0) is 6.42 Å². The molecule has 0 saturated carbocycles. The lowest BCUT2D eigenvalue weighted by Gasteiger charge is -2.06.